The molecule has 0 spiro atoms. The minimum absolute atomic E-state index is 0.0427. The van der Waals surface area contributed by atoms with Gasteiger partial charge >= 0.3 is 0 Å². The van der Waals surface area contributed by atoms with Crippen LogP contribution in [0.2, 0.25) is 0 Å². The Labute approximate surface area is 170 Å². The molecule has 1 amide bonds. The summed E-state index contributed by atoms with van der Waals surface area (Å²) in [5, 5.41) is 7.14. The fraction of sp³-hybridized carbons (Fsp3) is 0.261. The Bertz CT molecular complexity index is 876. The lowest BCUT2D eigenvalue weighted by atomic mass is 10.0. The van der Waals surface area contributed by atoms with Gasteiger partial charge in [-0.15, -0.1) is 11.3 Å². The summed E-state index contributed by atoms with van der Waals surface area (Å²) >= 11 is 1.72. The third kappa shape index (κ3) is 5.21. The van der Waals surface area contributed by atoms with Gasteiger partial charge in [0.15, 0.2) is 6.54 Å². The van der Waals surface area contributed by atoms with Gasteiger partial charge in [0.25, 0.3) is 5.91 Å². The van der Waals surface area contributed by atoms with E-state index >= 15 is 0 Å². The number of para-hydroxylation sites is 2. The number of anilines is 1. The molecule has 3 aromatic rings. The largest absolute Gasteiger partial charge is 0.492 e. The monoisotopic (exact) mass is 395 g/mol. The van der Waals surface area contributed by atoms with Crippen molar-refractivity contribution in [1.82, 2.24) is 0 Å². The molecule has 1 atom stereocenters. The number of aryl methyl sites for hydroxylation is 1. The fourth-order valence-corrected chi connectivity index (χ4v) is 3.97. The van der Waals surface area contributed by atoms with E-state index in [1.54, 1.807) is 11.3 Å². The third-order valence-electron chi connectivity index (χ3n) is 4.60. The maximum Gasteiger partial charge on any atom is 0.279 e. The molecule has 0 saturated heterocycles. The smallest absolute Gasteiger partial charge is 0.279 e. The van der Waals surface area contributed by atoms with E-state index in [0.29, 0.717) is 24.6 Å². The van der Waals surface area contributed by atoms with Crippen LogP contribution in [-0.4, -0.2) is 19.1 Å². The quantitative estimate of drug-likeness (QED) is 0.575. The maximum absolute atomic E-state index is 12.6. The summed E-state index contributed by atoms with van der Waals surface area (Å²) in [5.41, 5.74) is 3.24. The average Bonchev–Trinajstić information content (AvgIpc) is 3.25. The van der Waals surface area contributed by atoms with E-state index < -0.39 is 0 Å². The Kier molecular flexibility index (Phi) is 7.23. The van der Waals surface area contributed by atoms with Gasteiger partial charge in [-0.1, -0.05) is 49.4 Å². The van der Waals surface area contributed by atoms with Crippen molar-refractivity contribution in [2.45, 2.75) is 26.3 Å². The first-order valence-corrected chi connectivity index (χ1v) is 10.6. The minimum Gasteiger partial charge on any atom is -0.492 e. The molecule has 1 aromatic heterocycles. The van der Waals surface area contributed by atoms with Gasteiger partial charge in [0.1, 0.15) is 11.8 Å². The van der Waals surface area contributed by atoms with Gasteiger partial charge in [-0.3, -0.25) is 4.79 Å². The molecule has 0 unspecified atom stereocenters. The summed E-state index contributed by atoms with van der Waals surface area (Å²) in [4.78, 5) is 13.8. The lowest BCUT2D eigenvalue weighted by Gasteiger charge is -2.16. The number of carbonyl (C=O) groups excluding carboxylic acids is 1. The van der Waals surface area contributed by atoms with Gasteiger partial charge in [0.2, 0.25) is 0 Å². The first-order chi connectivity index (χ1) is 13.7. The molecule has 28 heavy (non-hydrogen) atoms. The van der Waals surface area contributed by atoms with Gasteiger partial charge in [-0.2, -0.15) is 0 Å². The number of hydrogen-bond donors (Lipinski definition) is 2. The molecule has 5 heteroatoms. The van der Waals surface area contributed by atoms with E-state index in [9.17, 15) is 4.79 Å². The number of carbonyl (C=O) groups is 1. The second kappa shape index (κ2) is 10.1. The summed E-state index contributed by atoms with van der Waals surface area (Å²) in [7, 11) is 0. The van der Waals surface area contributed by atoms with Crippen molar-refractivity contribution in [2.75, 3.05) is 18.5 Å². The van der Waals surface area contributed by atoms with Crippen LogP contribution in [0.3, 0.4) is 0 Å². The molecule has 0 fully saturated rings. The van der Waals surface area contributed by atoms with E-state index in [0.717, 1.165) is 6.42 Å². The van der Waals surface area contributed by atoms with Gasteiger partial charge in [0.05, 0.1) is 17.2 Å². The highest BCUT2D eigenvalue weighted by atomic mass is 32.1. The zero-order valence-corrected chi connectivity index (χ0v) is 17.2. The summed E-state index contributed by atoms with van der Waals surface area (Å²) in [5.74, 6) is 0.655. The zero-order valence-electron chi connectivity index (χ0n) is 16.4. The van der Waals surface area contributed by atoms with Crippen molar-refractivity contribution in [3.63, 3.8) is 0 Å². The Morgan fingerprint density at radius 2 is 1.86 bits per heavy atom. The SMILES string of the molecule is CCOc1ccccc1NC(=O)C[NH2+][C@@H](c1ccc(CC)cc1)c1cccs1. The van der Waals surface area contributed by atoms with E-state index in [2.05, 4.69) is 59.3 Å². The third-order valence-corrected chi connectivity index (χ3v) is 5.55. The Balaban J connectivity index is 1.69. The Hall–Kier alpha value is -2.63. The van der Waals surface area contributed by atoms with E-state index in [-0.39, 0.29) is 11.9 Å². The summed E-state index contributed by atoms with van der Waals surface area (Å²) in [6, 6.07) is 20.5. The number of thiophene rings is 1. The normalized spacial score (nSPS) is 11.8. The fourth-order valence-electron chi connectivity index (χ4n) is 3.12. The first kappa shape index (κ1) is 20.1. The van der Waals surface area contributed by atoms with Crippen LogP contribution >= 0.6 is 11.3 Å². The highest BCUT2D eigenvalue weighted by Gasteiger charge is 2.20. The Morgan fingerprint density at radius 3 is 2.54 bits per heavy atom. The van der Waals surface area contributed by atoms with Crippen LogP contribution < -0.4 is 15.4 Å². The molecule has 0 aliphatic heterocycles. The van der Waals surface area contributed by atoms with Crippen LogP contribution in [0.5, 0.6) is 5.75 Å². The molecular formula is C23H27N2O2S+. The van der Waals surface area contributed by atoms with E-state index in [4.69, 9.17) is 4.74 Å². The number of ether oxygens (including phenoxy) is 1. The molecule has 3 rings (SSSR count). The van der Waals surface area contributed by atoms with Crippen molar-refractivity contribution in [1.29, 1.82) is 0 Å². The highest BCUT2D eigenvalue weighted by Crippen LogP contribution is 2.24. The Morgan fingerprint density at radius 1 is 1.07 bits per heavy atom. The second-order valence-electron chi connectivity index (χ2n) is 6.51. The van der Waals surface area contributed by atoms with Crippen molar-refractivity contribution >= 4 is 22.9 Å². The van der Waals surface area contributed by atoms with Crippen LogP contribution in [-0.2, 0) is 11.2 Å². The van der Waals surface area contributed by atoms with Crippen LogP contribution in [0.15, 0.2) is 66.0 Å². The molecule has 146 valence electrons. The molecule has 2 aromatic carbocycles. The van der Waals surface area contributed by atoms with E-state index in [1.165, 1.54) is 16.0 Å². The van der Waals surface area contributed by atoms with Crippen LogP contribution in [0.25, 0.3) is 0 Å². The van der Waals surface area contributed by atoms with Crippen LogP contribution in [0, 0.1) is 0 Å². The molecule has 3 N–H and O–H groups in total. The van der Waals surface area contributed by atoms with Crippen LogP contribution in [0.1, 0.15) is 35.9 Å². The molecule has 0 saturated carbocycles. The number of amides is 1. The summed E-state index contributed by atoms with van der Waals surface area (Å²) < 4.78 is 5.59. The van der Waals surface area contributed by atoms with Crippen molar-refractivity contribution in [3.05, 3.63) is 82.0 Å². The number of hydrogen-bond acceptors (Lipinski definition) is 3. The molecule has 0 aliphatic carbocycles. The zero-order chi connectivity index (χ0) is 19.8. The van der Waals surface area contributed by atoms with Crippen molar-refractivity contribution in [3.8, 4) is 5.75 Å². The van der Waals surface area contributed by atoms with E-state index in [1.807, 2.05) is 31.2 Å². The highest BCUT2D eigenvalue weighted by molar-refractivity contribution is 7.10. The molecule has 0 bridgehead atoms. The number of nitrogens with two attached hydrogens (primary N) is 1. The van der Waals surface area contributed by atoms with Gasteiger partial charge in [0, 0.05) is 5.56 Å². The minimum atomic E-state index is -0.0427. The molecule has 1 heterocycles. The number of rotatable bonds is 9. The van der Waals surface area contributed by atoms with Gasteiger partial charge < -0.3 is 15.4 Å². The number of nitrogens with one attached hydrogen (secondary N) is 1. The maximum atomic E-state index is 12.6. The average molecular weight is 396 g/mol. The predicted octanol–water partition coefficient (Wildman–Crippen LogP) is 4.00. The standard InChI is InChI=1S/C23H26N2O2S/c1-3-17-11-13-18(14-12-17)23(21-10-7-15-28-21)24-16-22(26)25-19-8-5-6-9-20(19)27-4-2/h5-15,23-24H,3-4,16H2,1-2H3,(H,25,26)/p+1/t23-/m0/s1. The lowest BCUT2D eigenvalue weighted by molar-refractivity contribution is -0.675. The molecule has 0 aliphatic rings. The van der Waals surface area contributed by atoms with Crippen LogP contribution in [0.4, 0.5) is 5.69 Å². The van der Waals surface area contributed by atoms with Gasteiger partial charge in [-0.25, -0.2) is 0 Å². The lowest BCUT2D eigenvalue weighted by Crippen LogP contribution is -2.87. The summed E-state index contributed by atoms with van der Waals surface area (Å²) in [6.07, 6.45) is 1.02. The molecule has 0 radical (unpaired) electrons. The molecular weight excluding hydrogens is 368 g/mol. The predicted molar refractivity (Wildman–Crippen MR) is 115 cm³/mol. The number of quaternary nitrogens is 1. The van der Waals surface area contributed by atoms with Crippen molar-refractivity contribution < 1.29 is 14.8 Å². The second-order valence-corrected chi connectivity index (χ2v) is 7.48. The summed E-state index contributed by atoms with van der Waals surface area (Å²) in [6.45, 7) is 4.98. The van der Waals surface area contributed by atoms with Gasteiger partial charge in [-0.05, 0) is 42.5 Å². The number of benzene rings is 2. The van der Waals surface area contributed by atoms with Crippen molar-refractivity contribution in [2.24, 2.45) is 0 Å². The molecule has 4 nitrogen and oxygen atoms in total. The first-order valence-electron chi connectivity index (χ1n) is 9.68. The topological polar surface area (TPSA) is 54.9 Å².